The first kappa shape index (κ1) is 24.4. The molecule has 1 aromatic carbocycles. The second-order valence-electron chi connectivity index (χ2n) is 8.25. The molecule has 0 aliphatic carbocycles. The fourth-order valence-corrected chi connectivity index (χ4v) is 4.69. The summed E-state index contributed by atoms with van der Waals surface area (Å²) in [6.45, 7) is 8.70. The molecule has 3 N–H and O–H groups in total. The number of ether oxygens (including phenoxy) is 2. The monoisotopic (exact) mass is 487 g/mol. The van der Waals surface area contributed by atoms with Gasteiger partial charge in [0.25, 0.3) is 0 Å². The van der Waals surface area contributed by atoms with Crippen LogP contribution in [0.2, 0.25) is 0 Å². The molecule has 2 heterocycles. The average Bonchev–Trinajstić information content (AvgIpc) is 3.33. The number of amidine groups is 1. The quantitative estimate of drug-likeness (QED) is 0.310. The molecule has 33 heavy (non-hydrogen) atoms. The third kappa shape index (κ3) is 6.39. The van der Waals surface area contributed by atoms with E-state index in [2.05, 4.69) is 5.32 Å². The Balaban J connectivity index is 1.77. The number of carbonyl (C=O) groups excluding carboxylic acids is 1. The molecule has 0 fully saturated rings. The van der Waals surface area contributed by atoms with Crippen molar-refractivity contribution in [1.82, 2.24) is 10.3 Å². The van der Waals surface area contributed by atoms with Gasteiger partial charge in [0.05, 0.1) is 10.6 Å². The number of amides is 1. The zero-order valence-electron chi connectivity index (χ0n) is 18.9. The lowest BCUT2D eigenvalue weighted by molar-refractivity contribution is -0.144. The molecule has 174 valence electrons. The minimum Gasteiger partial charge on any atom is -0.479 e. The van der Waals surface area contributed by atoms with Gasteiger partial charge in [-0.15, -0.1) is 22.7 Å². The van der Waals surface area contributed by atoms with E-state index in [1.165, 1.54) is 29.6 Å². The highest BCUT2D eigenvalue weighted by atomic mass is 32.1. The number of carboxylic acids is 1. The van der Waals surface area contributed by atoms with Gasteiger partial charge in [-0.05, 0) is 52.8 Å². The molecule has 1 amide bonds. The third-order valence-corrected chi connectivity index (χ3v) is 6.26. The second kappa shape index (κ2) is 9.72. The van der Waals surface area contributed by atoms with Crippen LogP contribution in [0.3, 0.4) is 0 Å². The van der Waals surface area contributed by atoms with E-state index in [4.69, 9.17) is 25.0 Å². The number of benzene rings is 1. The zero-order valence-corrected chi connectivity index (χ0v) is 20.5. The molecule has 0 saturated carbocycles. The summed E-state index contributed by atoms with van der Waals surface area (Å²) in [6.07, 6.45) is -1.63. The van der Waals surface area contributed by atoms with Gasteiger partial charge in [0, 0.05) is 21.4 Å². The number of aryl methyl sites for hydroxylation is 1. The van der Waals surface area contributed by atoms with E-state index < -0.39 is 23.8 Å². The van der Waals surface area contributed by atoms with Crippen LogP contribution in [0.4, 0.5) is 4.79 Å². The molecule has 0 aliphatic rings. The van der Waals surface area contributed by atoms with Crippen LogP contribution in [0.25, 0.3) is 21.8 Å². The fraction of sp³-hybridized carbons (Fsp3) is 0.304. The maximum atomic E-state index is 12.0. The van der Waals surface area contributed by atoms with Crippen molar-refractivity contribution in [2.24, 2.45) is 0 Å². The van der Waals surface area contributed by atoms with Crippen LogP contribution in [0.5, 0.6) is 5.75 Å². The number of aliphatic carboxylic acids is 1. The second-order valence-corrected chi connectivity index (χ2v) is 10.4. The number of carboxylic acid groups (broad SMARTS) is 1. The fourth-order valence-electron chi connectivity index (χ4n) is 2.80. The van der Waals surface area contributed by atoms with Gasteiger partial charge in [0.1, 0.15) is 22.2 Å². The van der Waals surface area contributed by atoms with Crippen molar-refractivity contribution < 1.29 is 24.2 Å². The van der Waals surface area contributed by atoms with Gasteiger partial charge in [-0.25, -0.2) is 14.6 Å². The Kier molecular flexibility index (Phi) is 7.19. The van der Waals surface area contributed by atoms with E-state index in [0.717, 1.165) is 26.7 Å². The maximum absolute atomic E-state index is 12.0. The summed E-state index contributed by atoms with van der Waals surface area (Å²) in [5, 5.41) is 22.4. The van der Waals surface area contributed by atoms with E-state index >= 15 is 0 Å². The normalized spacial score (nSPS) is 12.2. The average molecular weight is 488 g/mol. The first-order valence-electron chi connectivity index (χ1n) is 10.1. The van der Waals surface area contributed by atoms with Gasteiger partial charge in [0.2, 0.25) is 0 Å². The van der Waals surface area contributed by atoms with Crippen molar-refractivity contribution in [3.8, 4) is 27.6 Å². The lowest BCUT2D eigenvalue weighted by Gasteiger charge is -2.19. The Morgan fingerprint density at radius 1 is 1.24 bits per heavy atom. The van der Waals surface area contributed by atoms with E-state index in [0.29, 0.717) is 10.6 Å². The first-order chi connectivity index (χ1) is 15.4. The van der Waals surface area contributed by atoms with Gasteiger partial charge in [-0.3, -0.25) is 10.7 Å². The molecule has 3 aromatic rings. The minimum atomic E-state index is -1.04. The highest BCUT2D eigenvalue weighted by Gasteiger charge is 2.20. The Bertz CT molecular complexity index is 1190. The number of thiazole rings is 1. The standard InChI is InChI=1S/C23H25N3O5S2/c1-12(21(27)28)30-15-8-6-7-14(9-15)17-11-32-20(25-17)16-10-18(33-13(16)2)19(24)26-22(29)31-23(3,4)5/h6-12H,1-5H3,(H,27,28)(H2,24,26,29). The van der Waals surface area contributed by atoms with Gasteiger partial charge in [0.15, 0.2) is 6.10 Å². The summed E-state index contributed by atoms with van der Waals surface area (Å²) in [4.78, 5) is 29.3. The summed E-state index contributed by atoms with van der Waals surface area (Å²) < 4.78 is 10.7. The lowest BCUT2D eigenvalue weighted by atomic mass is 10.1. The Labute approximate surface area is 199 Å². The van der Waals surface area contributed by atoms with Crippen molar-refractivity contribution in [2.75, 3.05) is 0 Å². The SMILES string of the molecule is Cc1sc(C(=N)NC(=O)OC(C)(C)C)cc1-c1nc(-c2cccc(OC(C)C(=O)O)c2)cs1. The highest BCUT2D eigenvalue weighted by Crippen LogP contribution is 2.35. The Hall–Kier alpha value is -3.24. The number of hydrogen-bond acceptors (Lipinski definition) is 8. The van der Waals surface area contributed by atoms with Crippen LogP contribution in [-0.4, -0.2) is 39.7 Å². The topological polar surface area (TPSA) is 122 Å². The molecule has 1 atom stereocenters. The number of nitrogens with zero attached hydrogens (tertiary/aromatic N) is 1. The third-order valence-electron chi connectivity index (χ3n) is 4.32. The smallest absolute Gasteiger partial charge is 0.413 e. The van der Waals surface area contributed by atoms with Gasteiger partial charge >= 0.3 is 12.1 Å². The first-order valence-corrected chi connectivity index (χ1v) is 11.8. The summed E-state index contributed by atoms with van der Waals surface area (Å²) in [6, 6.07) is 8.95. The van der Waals surface area contributed by atoms with Gasteiger partial charge in [-0.1, -0.05) is 12.1 Å². The summed E-state index contributed by atoms with van der Waals surface area (Å²) >= 11 is 2.85. The van der Waals surface area contributed by atoms with E-state index in [1.807, 2.05) is 24.4 Å². The number of alkyl carbamates (subject to hydrolysis) is 1. The molecule has 2 aromatic heterocycles. The number of aromatic nitrogens is 1. The Morgan fingerprint density at radius 3 is 2.64 bits per heavy atom. The summed E-state index contributed by atoms with van der Waals surface area (Å²) in [5.41, 5.74) is 1.78. The number of carbonyl (C=O) groups is 2. The minimum absolute atomic E-state index is 0.0298. The molecule has 8 nitrogen and oxygen atoms in total. The molecule has 3 rings (SSSR count). The van der Waals surface area contributed by atoms with Crippen molar-refractivity contribution in [3.05, 3.63) is 45.5 Å². The van der Waals surface area contributed by atoms with Crippen molar-refractivity contribution in [1.29, 1.82) is 5.41 Å². The number of hydrogen-bond donors (Lipinski definition) is 3. The van der Waals surface area contributed by atoms with Crippen molar-refractivity contribution in [3.63, 3.8) is 0 Å². The van der Waals surface area contributed by atoms with Crippen LogP contribution in [0, 0.1) is 12.3 Å². The number of thiophene rings is 1. The Morgan fingerprint density at radius 2 is 1.97 bits per heavy atom. The van der Waals surface area contributed by atoms with Gasteiger partial charge in [-0.2, -0.15) is 0 Å². The van der Waals surface area contributed by atoms with Crippen molar-refractivity contribution in [2.45, 2.75) is 46.3 Å². The predicted octanol–water partition coefficient (Wildman–Crippen LogP) is 5.55. The van der Waals surface area contributed by atoms with E-state index in [-0.39, 0.29) is 5.84 Å². The van der Waals surface area contributed by atoms with Crippen LogP contribution >= 0.6 is 22.7 Å². The van der Waals surface area contributed by atoms with Gasteiger partial charge < -0.3 is 14.6 Å². The zero-order chi connectivity index (χ0) is 24.3. The largest absolute Gasteiger partial charge is 0.479 e. The number of nitrogens with one attached hydrogen (secondary N) is 2. The van der Waals surface area contributed by atoms with Crippen LogP contribution < -0.4 is 10.1 Å². The van der Waals surface area contributed by atoms with E-state index in [1.54, 1.807) is 39.0 Å². The van der Waals surface area contributed by atoms with Crippen LogP contribution in [-0.2, 0) is 9.53 Å². The molecule has 0 aliphatic heterocycles. The molecular formula is C23H25N3O5S2. The highest BCUT2D eigenvalue weighted by molar-refractivity contribution is 7.16. The molecule has 10 heteroatoms. The molecule has 0 saturated heterocycles. The molecule has 1 unspecified atom stereocenters. The summed E-state index contributed by atoms with van der Waals surface area (Å²) in [5.74, 6) is -0.614. The molecular weight excluding hydrogens is 462 g/mol. The summed E-state index contributed by atoms with van der Waals surface area (Å²) in [7, 11) is 0. The number of rotatable bonds is 6. The van der Waals surface area contributed by atoms with Crippen LogP contribution in [0.1, 0.15) is 37.4 Å². The van der Waals surface area contributed by atoms with E-state index in [9.17, 15) is 9.59 Å². The molecule has 0 spiro atoms. The van der Waals surface area contributed by atoms with Crippen molar-refractivity contribution >= 4 is 40.6 Å². The maximum Gasteiger partial charge on any atom is 0.413 e. The lowest BCUT2D eigenvalue weighted by Crippen LogP contribution is -2.36. The van der Waals surface area contributed by atoms with Crippen LogP contribution in [0.15, 0.2) is 35.7 Å². The predicted molar refractivity (Wildman–Crippen MR) is 130 cm³/mol. The molecule has 0 radical (unpaired) electrons. The molecule has 0 bridgehead atoms.